The van der Waals surface area contributed by atoms with Gasteiger partial charge in [0.25, 0.3) is 5.91 Å². The molecule has 0 spiro atoms. The van der Waals surface area contributed by atoms with E-state index < -0.39 is 9.84 Å². The van der Waals surface area contributed by atoms with Crippen LogP contribution in [-0.4, -0.2) is 68.9 Å². The lowest BCUT2D eigenvalue weighted by atomic mass is 10.2. The second kappa shape index (κ2) is 9.61. The van der Waals surface area contributed by atoms with Gasteiger partial charge in [-0.3, -0.25) is 4.79 Å². The van der Waals surface area contributed by atoms with Crippen LogP contribution in [0.1, 0.15) is 29.2 Å². The van der Waals surface area contributed by atoms with Crippen molar-refractivity contribution in [3.05, 3.63) is 53.7 Å². The molecular weight excluding hydrogens is 411 g/mol. The summed E-state index contributed by atoms with van der Waals surface area (Å²) >= 11 is 0. The van der Waals surface area contributed by atoms with Crippen molar-refractivity contribution in [1.82, 2.24) is 9.80 Å². The fourth-order valence-corrected chi connectivity index (χ4v) is 5.16. The zero-order valence-corrected chi connectivity index (χ0v) is 18.0. The van der Waals surface area contributed by atoms with E-state index in [1.165, 1.54) is 24.3 Å². The maximum atomic E-state index is 13.1. The second-order valence-electron chi connectivity index (χ2n) is 7.72. The van der Waals surface area contributed by atoms with Crippen LogP contribution in [0.3, 0.4) is 0 Å². The Morgan fingerprint density at radius 1 is 1.17 bits per heavy atom. The Morgan fingerprint density at radius 3 is 2.53 bits per heavy atom. The van der Waals surface area contributed by atoms with Crippen molar-refractivity contribution in [2.75, 3.05) is 38.7 Å². The van der Waals surface area contributed by atoms with Gasteiger partial charge < -0.3 is 19.0 Å². The third-order valence-corrected chi connectivity index (χ3v) is 6.73. The fourth-order valence-electron chi connectivity index (χ4n) is 3.43. The van der Waals surface area contributed by atoms with Gasteiger partial charge in [-0.15, -0.1) is 0 Å². The van der Waals surface area contributed by atoms with Gasteiger partial charge in [0, 0.05) is 12.6 Å². The molecule has 0 aliphatic carbocycles. The predicted octanol–water partition coefficient (Wildman–Crippen LogP) is 2.58. The van der Waals surface area contributed by atoms with Gasteiger partial charge in [-0.2, -0.15) is 0 Å². The number of hydrogen-bond donors (Lipinski definition) is 0. The number of benzene rings is 1. The first kappa shape index (κ1) is 22.3. The topological polar surface area (TPSA) is 80.1 Å². The number of rotatable bonds is 9. The monoisotopic (exact) mass is 438 g/mol. The van der Waals surface area contributed by atoms with Gasteiger partial charge in [0.1, 0.15) is 23.9 Å². The lowest BCUT2D eigenvalue weighted by Crippen LogP contribution is -2.42. The first-order valence-corrected chi connectivity index (χ1v) is 11.7. The molecule has 2 aromatic rings. The Kier molecular flexibility index (Phi) is 7.14. The molecule has 0 saturated carbocycles. The van der Waals surface area contributed by atoms with Crippen LogP contribution in [-0.2, 0) is 16.4 Å². The summed E-state index contributed by atoms with van der Waals surface area (Å²) in [7, 11) is 0.785. The lowest BCUT2D eigenvalue weighted by Gasteiger charge is -2.28. The molecule has 1 fully saturated rings. The molecule has 0 N–H and O–H groups in total. The number of sulfone groups is 1. The second-order valence-corrected chi connectivity index (χ2v) is 9.95. The quantitative estimate of drug-likeness (QED) is 0.599. The van der Waals surface area contributed by atoms with E-state index in [2.05, 4.69) is 0 Å². The average molecular weight is 439 g/mol. The van der Waals surface area contributed by atoms with Gasteiger partial charge in [0.05, 0.1) is 11.5 Å². The van der Waals surface area contributed by atoms with Crippen molar-refractivity contribution in [2.24, 2.45) is 0 Å². The molecule has 30 heavy (non-hydrogen) atoms. The van der Waals surface area contributed by atoms with E-state index in [1.807, 2.05) is 19.0 Å². The molecule has 2 heterocycles. The van der Waals surface area contributed by atoms with Crippen LogP contribution in [0.15, 0.2) is 40.8 Å². The Morgan fingerprint density at radius 2 is 1.90 bits per heavy atom. The molecule has 1 amide bonds. The summed E-state index contributed by atoms with van der Waals surface area (Å²) < 4.78 is 48.0. The Labute approximate surface area is 176 Å². The molecule has 1 aromatic carbocycles. The van der Waals surface area contributed by atoms with Crippen molar-refractivity contribution in [2.45, 2.75) is 25.5 Å². The Bertz CT molecular complexity index is 956. The summed E-state index contributed by atoms with van der Waals surface area (Å²) in [6, 6.07) is 8.51. The third-order valence-electron chi connectivity index (χ3n) is 4.98. The number of ether oxygens (including phenoxy) is 1. The van der Waals surface area contributed by atoms with Gasteiger partial charge in [-0.05, 0) is 69.9 Å². The molecule has 164 valence electrons. The van der Waals surface area contributed by atoms with Crippen LogP contribution in [0, 0.1) is 5.82 Å². The highest BCUT2D eigenvalue weighted by Crippen LogP contribution is 2.22. The molecule has 0 bridgehead atoms. The molecule has 9 heteroatoms. The summed E-state index contributed by atoms with van der Waals surface area (Å²) in [6.07, 6.45) is 1.17. The molecule has 0 radical (unpaired) electrons. The SMILES string of the molecule is CN(C)CCCN(C(=O)c1ccc(COc2ccc(F)cc2)o1)C1CCS(=O)(=O)C1. The van der Waals surface area contributed by atoms with E-state index in [-0.39, 0.29) is 41.6 Å². The molecule has 1 atom stereocenters. The van der Waals surface area contributed by atoms with E-state index in [1.54, 1.807) is 17.0 Å². The van der Waals surface area contributed by atoms with Gasteiger partial charge in [0.15, 0.2) is 15.6 Å². The van der Waals surface area contributed by atoms with Crippen LogP contribution in [0.2, 0.25) is 0 Å². The minimum atomic E-state index is -3.12. The third kappa shape index (κ3) is 6.06. The normalized spacial score (nSPS) is 17.9. The average Bonchev–Trinajstić information content (AvgIpc) is 3.30. The first-order chi connectivity index (χ1) is 14.2. The zero-order chi connectivity index (χ0) is 21.7. The molecule has 7 nitrogen and oxygen atoms in total. The fraction of sp³-hybridized carbons (Fsp3) is 0.476. The highest BCUT2D eigenvalue weighted by Gasteiger charge is 2.35. The number of furan rings is 1. The summed E-state index contributed by atoms with van der Waals surface area (Å²) in [6.45, 7) is 1.34. The summed E-state index contributed by atoms with van der Waals surface area (Å²) in [5.41, 5.74) is 0. The number of halogens is 1. The standard InChI is InChI=1S/C21H27FN2O5S/c1-23(2)11-3-12-24(17-10-13-30(26,27)15-17)21(25)20-9-8-19(29-20)14-28-18-6-4-16(22)5-7-18/h4-9,17H,3,10-15H2,1-2H3. The van der Waals surface area contributed by atoms with Crippen LogP contribution >= 0.6 is 0 Å². The number of carbonyl (C=O) groups is 1. The van der Waals surface area contributed by atoms with E-state index in [4.69, 9.17) is 9.15 Å². The minimum Gasteiger partial charge on any atom is -0.486 e. The van der Waals surface area contributed by atoms with Crippen LogP contribution in [0.4, 0.5) is 4.39 Å². The lowest BCUT2D eigenvalue weighted by molar-refractivity contribution is 0.0653. The summed E-state index contributed by atoms with van der Waals surface area (Å²) in [5.74, 6) is 0.519. The number of hydrogen-bond acceptors (Lipinski definition) is 6. The first-order valence-electron chi connectivity index (χ1n) is 9.87. The van der Waals surface area contributed by atoms with Gasteiger partial charge in [-0.1, -0.05) is 0 Å². The van der Waals surface area contributed by atoms with E-state index in [0.29, 0.717) is 24.5 Å². The highest BCUT2D eigenvalue weighted by molar-refractivity contribution is 7.91. The Balaban J connectivity index is 1.66. The number of amides is 1. The van der Waals surface area contributed by atoms with Gasteiger partial charge >= 0.3 is 0 Å². The Hall–Kier alpha value is -2.39. The van der Waals surface area contributed by atoms with Crippen molar-refractivity contribution < 1.29 is 26.8 Å². The molecule has 3 rings (SSSR count). The summed E-state index contributed by atoms with van der Waals surface area (Å²) in [4.78, 5) is 16.7. The van der Waals surface area contributed by atoms with E-state index in [9.17, 15) is 17.6 Å². The maximum absolute atomic E-state index is 13.1. The molecule has 1 saturated heterocycles. The predicted molar refractivity (Wildman–Crippen MR) is 111 cm³/mol. The van der Waals surface area contributed by atoms with Crippen molar-refractivity contribution >= 4 is 15.7 Å². The van der Waals surface area contributed by atoms with Crippen molar-refractivity contribution in [3.8, 4) is 5.75 Å². The molecular formula is C21H27FN2O5S. The van der Waals surface area contributed by atoms with Crippen LogP contribution in [0.5, 0.6) is 5.75 Å². The summed E-state index contributed by atoms with van der Waals surface area (Å²) in [5, 5.41) is 0. The highest BCUT2D eigenvalue weighted by atomic mass is 32.2. The smallest absolute Gasteiger partial charge is 0.289 e. The largest absolute Gasteiger partial charge is 0.486 e. The molecule has 1 unspecified atom stereocenters. The van der Waals surface area contributed by atoms with Crippen LogP contribution < -0.4 is 4.74 Å². The van der Waals surface area contributed by atoms with Gasteiger partial charge in [0.2, 0.25) is 0 Å². The maximum Gasteiger partial charge on any atom is 0.289 e. The molecule has 1 aliphatic heterocycles. The van der Waals surface area contributed by atoms with E-state index in [0.717, 1.165) is 13.0 Å². The number of nitrogens with zero attached hydrogens (tertiary/aromatic N) is 2. The van der Waals surface area contributed by atoms with Crippen LogP contribution in [0.25, 0.3) is 0 Å². The van der Waals surface area contributed by atoms with Crippen molar-refractivity contribution in [1.29, 1.82) is 0 Å². The minimum absolute atomic E-state index is 0.0120. The molecule has 1 aromatic heterocycles. The van der Waals surface area contributed by atoms with Crippen molar-refractivity contribution in [3.63, 3.8) is 0 Å². The van der Waals surface area contributed by atoms with E-state index >= 15 is 0 Å². The van der Waals surface area contributed by atoms with Gasteiger partial charge in [-0.25, -0.2) is 12.8 Å². The number of carbonyl (C=O) groups excluding carboxylic acids is 1. The molecule has 1 aliphatic rings. The zero-order valence-electron chi connectivity index (χ0n) is 17.2.